The highest BCUT2D eigenvalue weighted by molar-refractivity contribution is 5.98. The Morgan fingerprint density at radius 3 is 2.30 bits per heavy atom. The number of cyclic esters (lactones) is 1. The Balaban J connectivity index is 1.56. The number of halogens is 4. The minimum Gasteiger partial charge on any atom is -0.493 e. The number of benzene rings is 2. The number of carbonyl (C=O) groups excluding carboxylic acids is 3. The molecule has 0 aliphatic carbocycles. The maximum atomic E-state index is 13.6. The van der Waals surface area contributed by atoms with E-state index in [0.29, 0.717) is 18.4 Å². The summed E-state index contributed by atoms with van der Waals surface area (Å²) < 4.78 is 80.4. The van der Waals surface area contributed by atoms with Gasteiger partial charge in [0.2, 0.25) is 6.79 Å². The molecule has 2 heterocycles. The smallest absolute Gasteiger partial charge is 0.416 e. The van der Waals surface area contributed by atoms with Crippen LogP contribution >= 0.6 is 0 Å². The van der Waals surface area contributed by atoms with Gasteiger partial charge in [-0.25, -0.2) is 14.2 Å². The number of amides is 1. The second kappa shape index (κ2) is 15.7. The Labute approximate surface area is 268 Å². The molecule has 0 radical (unpaired) electrons. The monoisotopic (exact) mass is 662 g/mol. The number of hydrogen-bond donors (Lipinski definition) is 1. The first kappa shape index (κ1) is 35.1. The van der Waals surface area contributed by atoms with Crippen LogP contribution in [0.1, 0.15) is 41.0 Å². The summed E-state index contributed by atoms with van der Waals surface area (Å²) in [4.78, 5) is 42.0. The predicted octanol–water partition coefficient (Wildman–Crippen LogP) is 4.93. The maximum Gasteiger partial charge on any atom is 0.416 e. The van der Waals surface area contributed by atoms with Crippen LogP contribution in [-0.2, 0) is 42.8 Å². The highest BCUT2D eigenvalue weighted by Gasteiger charge is 2.36. The van der Waals surface area contributed by atoms with Crippen LogP contribution in [0.3, 0.4) is 0 Å². The van der Waals surface area contributed by atoms with Crippen LogP contribution in [0.4, 0.5) is 17.6 Å². The van der Waals surface area contributed by atoms with E-state index in [-0.39, 0.29) is 36.3 Å². The molecular weight excluding hydrogens is 628 g/mol. The van der Waals surface area contributed by atoms with Crippen molar-refractivity contribution in [2.45, 2.75) is 45.0 Å². The van der Waals surface area contributed by atoms with E-state index in [1.807, 2.05) is 0 Å². The standard InChI is InChI=1S/C33H34F4N2O8/c1-19-26(15-22-6-10-25(34)11-7-22)23(14-21-4-8-24(9-5-21)33(35,36)37)16-44-17-27(32(42)47-19)39-31(41)29-30(46-18-45-20(2)40)28(43-3)12-13-38-29/h4-13,19,23,26-27H,14-18H2,1-3H3,(H,39,41)/t19-,23-,26-,27-/m0/s1. The lowest BCUT2D eigenvalue weighted by molar-refractivity contribution is -0.154. The Morgan fingerprint density at radius 1 is 1.00 bits per heavy atom. The number of alkyl halides is 3. The quantitative estimate of drug-likeness (QED) is 0.183. The molecule has 1 N–H and O–H groups in total. The van der Waals surface area contributed by atoms with Crippen molar-refractivity contribution in [3.8, 4) is 11.5 Å². The summed E-state index contributed by atoms with van der Waals surface area (Å²) in [5.74, 6) is -3.43. The van der Waals surface area contributed by atoms with Crippen molar-refractivity contribution in [2.24, 2.45) is 11.8 Å². The largest absolute Gasteiger partial charge is 0.493 e. The third kappa shape index (κ3) is 9.64. The third-order valence-electron chi connectivity index (χ3n) is 7.65. The Morgan fingerprint density at radius 2 is 1.66 bits per heavy atom. The molecule has 1 fully saturated rings. The van der Waals surface area contributed by atoms with Gasteiger partial charge in [-0.3, -0.25) is 9.59 Å². The highest BCUT2D eigenvalue weighted by atomic mass is 19.4. The molecule has 1 saturated heterocycles. The van der Waals surface area contributed by atoms with Crippen LogP contribution in [0.15, 0.2) is 60.8 Å². The van der Waals surface area contributed by atoms with Crippen molar-refractivity contribution in [1.82, 2.24) is 10.3 Å². The fourth-order valence-corrected chi connectivity index (χ4v) is 5.22. The molecule has 3 aromatic rings. The predicted molar refractivity (Wildman–Crippen MR) is 158 cm³/mol. The molecule has 4 atom stereocenters. The zero-order valence-corrected chi connectivity index (χ0v) is 25.8. The van der Waals surface area contributed by atoms with Crippen molar-refractivity contribution in [1.29, 1.82) is 0 Å². The van der Waals surface area contributed by atoms with Gasteiger partial charge in [0.1, 0.15) is 11.9 Å². The molecule has 1 aliphatic rings. The van der Waals surface area contributed by atoms with Crippen molar-refractivity contribution >= 4 is 17.8 Å². The van der Waals surface area contributed by atoms with Gasteiger partial charge < -0.3 is 29.0 Å². The lowest BCUT2D eigenvalue weighted by atomic mass is 9.80. The van der Waals surface area contributed by atoms with Gasteiger partial charge in [-0.1, -0.05) is 24.3 Å². The third-order valence-corrected chi connectivity index (χ3v) is 7.65. The summed E-state index contributed by atoms with van der Waals surface area (Å²) >= 11 is 0. The van der Waals surface area contributed by atoms with Gasteiger partial charge in [0.25, 0.3) is 5.91 Å². The van der Waals surface area contributed by atoms with E-state index in [2.05, 4.69) is 10.3 Å². The van der Waals surface area contributed by atoms with Crippen molar-refractivity contribution in [2.75, 3.05) is 27.1 Å². The van der Waals surface area contributed by atoms with Crippen molar-refractivity contribution in [3.63, 3.8) is 0 Å². The second-order valence-corrected chi connectivity index (χ2v) is 10.9. The zero-order valence-electron chi connectivity index (χ0n) is 25.8. The molecule has 0 bridgehead atoms. The molecule has 1 aliphatic heterocycles. The average molecular weight is 663 g/mol. The first-order chi connectivity index (χ1) is 22.3. The fourth-order valence-electron chi connectivity index (χ4n) is 5.22. The lowest BCUT2D eigenvalue weighted by Gasteiger charge is -2.31. The first-order valence-electron chi connectivity index (χ1n) is 14.6. The lowest BCUT2D eigenvalue weighted by Crippen LogP contribution is -2.46. The van der Waals surface area contributed by atoms with Gasteiger partial charge in [-0.2, -0.15) is 13.2 Å². The van der Waals surface area contributed by atoms with Crippen LogP contribution < -0.4 is 14.8 Å². The zero-order chi connectivity index (χ0) is 34.1. The molecule has 14 heteroatoms. The Hall–Kier alpha value is -4.72. The van der Waals surface area contributed by atoms with Gasteiger partial charge in [0.15, 0.2) is 23.2 Å². The van der Waals surface area contributed by atoms with Crippen LogP contribution in [0.2, 0.25) is 0 Å². The van der Waals surface area contributed by atoms with E-state index in [0.717, 1.165) is 17.7 Å². The summed E-state index contributed by atoms with van der Waals surface area (Å²) in [7, 11) is 1.34. The number of ether oxygens (including phenoxy) is 5. The fraction of sp³-hybridized carbons (Fsp3) is 0.394. The van der Waals surface area contributed by atoms with Crippen LogP contribution in [-0.4, -0.2) is 62.1 Å². The van der Waals surface area contributed by atoms with Crippen molar-refractivity contribution in [3.05, 3.63) is 89.0 Å². The van der Waals surface area contributed by atoms with E-state index in [9.17, 15) is 31.9 Å². The highest BCUT2D eigenvalue weighted by Crippen LogP contribution is 2.33. The number of esters is 2. The molecule has 0 saturated carbocycles. The van der Waals surface area contributed by atoms with Crippen LogP contribution in [0.25, 0.3) is 0 Å². The van der Waals surface area contributed by atoms with Gasteiger partial charge in [-0.15, -0.1) is 0 Å². The van der Waals surface area contributed by atoms with Crippen LogP contribution in [0.5, 0.6) is 11.5 Å². The second-order valence-electron chi connectivity index (χ2n) is 10.9. The average Bonchev–Trinajstić information content (AvgIpc) is 3.07. The molecule has 1 aromatic heterocycles. The van der Waals surface area contributed by atoms with E-state index in [1.54, 1.807) is 19.1 Å². The molecule has 0 unspecified atom stereocenters. The number of nitrogens with zero attached hydrogens (tertiary/aromatic N) is 1. The Kier molecular flexibility index (Phi) is 11.8. The number of rotatable bonds is 10. The summed E-state index contributed by atoms with van der Waals surface area (Å²) in [6.07, 6.45) is -3.30. The van der Waals surface area contributed by atoms with Gasteiger partial charge in [-0.05, 0) is 61.1 Å². The molecule has 10 nitrogen and oxygen atoms in total. The molecule has 0 spiro atoms. The van der Waals surface area contributed by atoms with E-state index >= 15 is 0 Å². The summed E-state index contributed by atoms with van der Waals surface area (Å²) in [6, 6.07) is 10.8. The molecule has 47 heavy (non-hydrogen) atoms. The van der Waals surface area contributed by atoms with Gasteiger partial charge in [0.05, 0.1) is 25.9 Å². The number of hydrogen-bond acceptors (Lipinski definition) is 9. The van der Waals surface area contributed by atoms with Gasteiger partial charge in [0, 0.05) is 25.1 Å². The molecule has 4 rings (SSSR count). The summed E-state index contributed by atoms with van der Waals surface area (Å²) in [6.45, 7) is 2.10. The summed E-state index contributed by atoms with van der Waals surface area (Å²) in [5.41, 5.74) is 0.336. The number of pyridine rings is 1. The van der Waals surface area contributed by atoms with E-state index < -0.39 is 60.3 Å². The van der Waals surface area contributed by atoms with Crippen molar-refractivity contribution < 1.29 is 55.6 Å². The molecule has 2 aromatic carbocycles. The first-order valence-corrected chi connectivity index (χ1v) is 14.6. The minimum atomic E-state index is -4.48. The number of nitrogens with one attached hydrogen (secondary N) is 1. The number of methoxy groups -OCH3 is 1. The number of aromatic nitrogens is 1. The topological polar surface area (TPSA) is 122 Å². The molecular formula is C33H34F4N2O8. The SMILES string of the molecule is COc1ccnc(C(=O)N[C@H]2COC[C@H](Cc3ccc(C(F)(F)F)cc3)[C@@H](Cc3ccc(F)cc3)[C@H](C)OC2=O)c1OCOC(C)=O. The summed E-state index contributed by atoms with van der Waals surface area (Å²) in [5, 5.41) is 2.56. The maximum absolute atomic E-state index is 13.6. The molecule has 252 valence electrons. The Bertz CT molecular complexity index is 1530. The molecule has 1 amide bonds. The normalized spacial score (nSPS) is 20.2. The van der Waals surface area contributed by atoms with E-state index in [4.69, 9.17) is 23.7 Å². The number of carbonyl (C=O) groups is 3. The minimum absolute atomic E-state index is 0.0639. The van der Waals surface area contributed by atoms with Crippen LogP contribution in [0, 0.1) is 17.7 Å². The van der Waals surface area contributed by atoms with E-state index in [1.165, 1.54) is 50.6 Å². The van der Waals surface area contributed by atoms with Gasteiger partial charge >= 0.3 is 18.1 Å².